The number of carbonyl (C=O) groups excluding carboxylic acids is 1. The van der Waals surface area contributed by atoms with Crippen molar-refractivity contribution in [2.75, 3.05) is 11.9 Å². The molecule has 25 heavy (non-hydrogen) atoms. The summed E-state index contributed by atoms with van der Waals surface area (Å²) in [6.45, 7) is 4.10. The summed E-state index contributed by atoms with van der Waals surface area (Å²) < 4.78 is 57.2. The van der Waals surface area contributed by atoms with Crippen LogP contribution in [-0.2, 0) is 4.79 Å². The minimum absolute atomic E-state index is 0.00769. The topological polar surface area (TPSA) is 62.2 Å². The van der Waals surface area contributed by atoms with E-state index in [1.165, 1.54) is 0 Å². The van der Waals surface area contributed by atoms with E-state index in [1.54, 1.807) is 0 Å². The van der Waals surface area contributed by atoms with Crippen molar-refractivity contribution in [1.82, 2.24) is 0 Å². The molecule has 4 nitrogen and oxygen atoms in total. The van der Waals surface area contributed by atoms with Gasteiger partial charge in [-0.1, -0.05) is 29.8 Å². The molecule has 0 aliphatic rings. The summed E-state index contributed by atoms with van der Waals surface area (Å²) in [7, 11) is 0. The van der Waals surface area contributed by atoms with Gasteiger partial charge in [0.05, 0.1) is 16.3 Å². The Balaban J connectivity index is 3.15. The normalized spacial score (nSPS) is 12.3. The first-order valence-electron chi connectivity index (χ1n) is 6.52. The van der Waals surface area contributed by atoms with E-state index in [0.717, 1.165) is 19.1 Å². The predicted octanol–water partition coefficient (Wildman–Crippen LogP) is 5.08. The van der Waals surface area contributed by atoms with Gasteiger partial charge in [0, 0.05) is 22.9 Å². The highest BCUT2D eigenvalue weighted by Gasteiger charge is 2.35. The van der Waals surface area contributed by atoms with Gasteiger partial charge in [0.15, 0.2) is 0 Å². The molecule has 0 fully saturated rings. The molecule has 1 amide bonds. The number of hydrogen-bond acceptors (Lipinski definition) is 3. The number of amides is 1. The maximum atomic E-state index is 13.9. The average molecular weight is 399 g/mol. The first-order chi connectivity index (χ1) is 11.5. The number of anilines is 1. The van der Waals surface area contributed by atoms with Gasteiger partial charge in [-0.2, -0.15) is 13.2 Å². The molecule has 1 rings (SSSR count). The second-order valence-corrected chi connectivity index (χ2v) is 5.65. The maximum Gasteiger partial charge on any atom is 0.418 e. The van der Waals surface area contributed by atoms with E-state index in [4.69, 9.17) is 33.3 Å². The Kier molecular flexibility index (Phi) is 7.01. The van der Waals surface area contributed by atoms with Crippen LogP contribution in [0, 0.1) is 11.2 Å². The number of hydrogen-bond donors (Lipinski definition) is 2. The summed E-state index contributed by atoms with van der Waals surface area (Å²) in [5.41, 5.74) is -2.70. The summed E-state index contributed by atoms with van der Waals surface area (Å²) >= 11 is 11.3. The van der Waals surface area contributed by atoms with Gasteiger partial charge in [0.1, 0.15) is 18.2 Å². The molecular weight excluding hydrogens is 387 g/mol. The molecule has 0 unspecified atom stereocenters. The van der Waals surface area contributed by atoms with Crippen molar-refractivity contribution in [3.63, 3.8) is 0 Å². The number of rotatable bonds is 6. The Hall–Kier alpha value is -2.06. The third kappa shape index (κ3) is 5.75. The van der Waals surface area contributed by atoms with Crippen molar-refractivity contribution in [3.8, 4) is 5.75 Å². The molecule has 0 saturated carbocycles. The third-order valence-electron chi connectivity index (χ3n) is 2.85. The highest BCUT2D eigenvalue weighted by atomic mass is 35.5. The van der Waals surface area contributed by atoms with E-state index < -0.39 is 34.7 Å². The molecule has 136 valence electrons. The fourth-order valence-corrected chi connectivity index (χ4v) is 1.89. The summed E-state index contributed by atoms with van der Waals surface area (Å²) in [4.78, 5) is 11.9. The third-order valence-corrected chi connectivity index (χ3v) is 3.25. The van der Waals surface area contributed by atoms with Crippen LogP contribution >= 0.6 is 23.2 Å². The molecular formula is C15H12Cl2F4N2O2. The van der Waals surface area contributed by atoms with Gasteiger partial charge in [0.2, 0.25) is 0 Å². The Morgan fingerprint density at radius 3 is 2.52 bits per heavy atom. The van der Waals surface area contributed by atoms with Gasteiger partial charge in [-0.05, 0) is 13.0 Å². The van der Waals surface area contributed by atoms with E-state index in [2.05, 4.69) is 6.58 Å². The van der Waals surface area contributed by atoms with Crippen LogP contribution in [0.1, 0.15) is 6.92 Å². The lowest BCUT2D eigenvalue weighted by Crippen LogP contribution is -2.22. The molecule has 0 saturated heterocycles. The van der Waals surface area contributed by atoms with E-state index in [0.29, 0.717) is 0 Å². The summed E-state index contributed by atoms with van der Waals surface area (Å²) in [6.07, 6.45) is -4.88. The van der Waals surface area contributed by atoms with Gasteiger partial charge in [-0.3, -0.25) is 4.79 Å². The Labute approximate surface area is 150 Å². The smallest absolute Gasteiger partial charge is 0.418 e. The van der Waals surface area contributed by atoms with Crippen molar-refractivity contribution in [1.29, 1.82) is 5.41 Å². The second-order valence-electron chi connectivity index (χ2n) is 4.70. The maximum absolute atomic E-state index is 13.9. The van der Waals surface area contributed by atoms with Crippen molar-refractivity contribution in [3.05, 3.63) is 45.7 Å². The Bertz CT molecular complexity index is 746. The summed E-state index contributed by atoms with van der Waals surface area (Å²) in [5, 5.41) is 8.79. The predicted molar refractivity (Wildman–Crippen MR) is 88.1 cm³/mol. The fraction of sp³-hybridized carbons (Fsp3) is 0.200. The first kappa shape index (κ1) is 21.0. The molecule has 0 bridgehead atoms. The summed E-state index contributed by atoms with van der Waals surface area (Å²) in [6, 6.07) is 1.82. The number of alkyl halides is 3. The Morgan fingerprint density at radius 2 is 2.04 bits per heavy atom. The number of carbonyl (C=O) groups is 1. The number of allylic oxidation sites excluding steroid dienone is 1. The molecule has 1 aromatic carbocycles. The number of ether oxygens (including phenoxy) is 1. The van der Waals surface area contributed by atoms with E-state index in [1.807, 2.05) is 5.32 Å². The van der Waals surface area contributed by atoms with Crippen LogP contribution < -0.4 is 10.1 Å². The zero-order valence-corrected chi connectivity index (χ0v) is 14.2. The molecule has 0 spiro atoms. The van der Waals surface area contributed by atoms with Gasteiger partial charge >= 0.3 is 6.18 Å². The fourth-order valence-electron chi connectivity index (χ4n) is 1.63. The molecule has 10 heteroatoms. The highest BCUT2D eigenvalue weighted by Crippen LogP contribution is 2.32. The standard InChI is InChI=1S/C15H12Cl2F4N2O2/c1-7(16)6-25-13-4-12(11(18)3-10(13)17)23-14(24)8(2)9(5-22)15(19,20)21/h3-5,22H,1,6H2,2H3,(H,23,24)/b9-8+,22-5?. The van der Waals surface area contributed by atoms with Crippen LogP contribution in [-0.4, -0.2) is 24.9 Å². The molecule has 0 aliphatic heterocycles. The van der Waals surface area contributed by atoms with Crippen LogP contribution in [0.25, 0.3) is 0 Å². The zero-order valence-electron chi connectivity index (χ0n) is 12.7. The van der Waals surface area contributed by atoms with Gasteiger partial charge in [0.25, 0.3) is 5.91 Å². The molecule has 0 aliphatic carbocycles. The summed E-state index contributed by atoms with van der Waals surface area (Å²) in [5.74, 6) is -2.26. The Morgan fingerprint density at radius 1 is 1.44 bits per heavy atom. The number of nitrogens with one attached hydrogen (secondary N) is 2. The quantitative estimate of drug-likeness (QED) is 0.398. The van der Waals surface area contributed by atoms with Crippen LogP contribution in [0.15, 0.2) is 34.9 Å². The van der Waals surface area contributed by atoms with Crippen molar-refractivity contribution in [2.24, 2.45) is 0 Å². The van der Waals surface area contributed by atoms with Gasteiger partial charge in [-0.15, -0.1) is 0 Å². The number of benzene rings is 1. The van der Waals surface area contributed by atoms with E-state index >= 15 is 0 Å². The van der Waals surface area contributed by atoms with Crippen LogP contribution in [0.5, 0.6) is 5.75 Å². The van der Waals surface area contributed by atoms with Crippen LogP contribution in [0.4, 0.5) is 23.2 Å². The molecule has 2 N–H and O–H groups in total. The van der Waals surface area contributed by atoms with Crippen molar-refractivity contribution < 1.29 is 27.1 Å². The largest absolute Gasteiger partial charge is 0.486 e. The molecule has 1 aromatic rings. The highest BCUT2D eigenvalue weighted by molar-refractivity contribution is 6.32. The molecule has 0 atom stereocenters. The SMILES string of the molecule is C=C(Cl)COc1cc(NC(=O)/C(C)=C(\C=N)C(F)(F)F)c(F)cc1Cl. The monoisotopic (exact) mass is 398 g/mol. The van der Waals surface area contributed by atoms with E-state index in [-0.39, 0.29) is 28.6 Å². The lowest BCUT2D eigenvalue weighted by atomic mass is 10.1. The molecule has 0 radical (unpaired) electrons. The van der Waals surface area contributed by atoms with Crippen LogP contribution in [0.3, 0.4) is 0 Å². The first-order valence-corrected chi connectivity index (χ1v) is 7.28. The molecule has 0 heterocycles. The van der Waals surface area contributed by atoms with Gasteiger partial charge in [-0.25, -0.2) is 4.39 Å². The van der Waals surface area contributed by atoms with Crippen LogP contribution in [0.2, 0.25) is 5.02 Å². The second kappa shape index (κ2) is 8.35. The van der Waals surface area contributed by atoms with Gasteiger partial charge < -0.3 is 15.5 Å². The minimum atomic E-state index is -4.89. The van der Waals surface area contributed by atoms with Crippen molar-refractivity contribution in [2.45, 2.75) is 13.1 Å². The zero-order chi connectivity index (χ0) is 19.4. The van der Waals surface area contributed by atoms with E-state index in [9.17, 15) is 22.4 Å². The average Bonchev–Trinajstić information content (AvgIpc) is 2.47. The number of halogens is 6. The lowest BCUT2D eigenvalue weighted by molar-refractivity contribution is -0.114. The lowest BCUT2D eigenvalue weighted by Gasteiger charge is -2.14. The van der Waals surface area contributed by atoms with Crippen molar-refractivity contribution >= 4 is 41.0 Å². The molecule has 0 aromatic heterocycles. The minimum Gasteiger partial charge on any atom is -0.486 e.